The molecule has 0 bridgehead atoms. The van der Waals surface area contributed by atoms with Gasteiger partial charge in [0.1, 0.15) is 17.6 Å². The topological polar surface area (TPSA) is 43.2 Å². The van der Waals surface area contributed by atoms with Crippen molar-refractivity contribution in [2.45, 2.75) is 38.3 Å². The third-order valence-corrected chi connectivity index (χ3v) is 4.75. The Bertz CT molecular complexity index is 632. The lowest BCUT2D eigenvalue weighted by molar-refractivity contribution is 0.0562. The minimum Gasteiger partial charge on any atom is -0.358 e. The van der Waals surface area contributed by atoms with Gasteiger partial charge in [-0.1, -0.05) is 6.92 Å². The normalized spacial score (nSPS) is 26.9. The van der Waals surface area contributed by atoms with Crippen LogP contribution < -0.4 is 0 Å². The smallest absolute Gasteiger partial charge is 0.162 e. The van der Waals surface area contributed by atoms with Crippen LogP contribution in [0.15, 0.2) is 18.3 Å². The molecule has 4 rings (SSSR count). The minimum atomic E-state index is 0.121. The van der Waals surface area contributed by atoms with Gasteiger partial charge in [-0.25, -0.2) is 9.97 Å². The average molecular weight is 286 g/mol. The Labute approximate surface area is 124 Å². The molecule has 2 fully saturated rings. The molecular formula is C16H22N4O. The van der Waals surface area contributed by atoms with Crippen LogP contribution in [0.4, 0.5) is 0 Å². The number of ether oxygens (including phenoxy) is 1. The molecule has 2 aliphatic heterocycles. The van der Waals surface area contributed by atoms with Gasteiger partial charge in [-0.15, -0.1) is 0 Å². The number of rotatable bonds is 3. The molecule has 0 saturated carbocycles. The Balaban J connectivity index is 1.78. The number of likely N-dealkylation sites (N-methyl/N-ethyl adjacent to an activating group) is 1. The van der Waals surface area contributed by atoms with Crippen LogP contribution in [0.5, 0.6) is 0 Å². The maximum atomic E-state index is 5.93. The van der Waals surface area contributed by atoms with Crippen LogP contribution in [0, 0.1) is 0 Å². The van der Waals surface area contributed by atoms with Crippen molar-refractivity contribution in [3.63, 3.8) is 0 Å². The number of nitrogens with zero attached hydrogens (tertiary/aromatic N) is 4. The number of fused-ring (bicyclic) bond motifs is 1. The van der Waals surface area contributed by atoms with Crippen molar-refractivity contribution in [2.24, 2.45) is 0 Å². The van der Waals surface area contributed by atoms with Gasteiger partial charge in [0, 0.05) is 25.3 Å². The van der Waals surface area contributed by atoms with Crippen LogP contribution in [0.2, 0.25) is 0 Å². The monoisotopic (exact) mass is 286 g/mol. The lowest BCUT2D eigenvalue weighted by Crippen LogP contribution is -2.21. The highest BCUT2D eigenvalue weighted by molar-refractivity contribution is 5.71. The molecule has 2 aliphatic rings. The highest BCUT2D eigenvalue weighted by Crippen LogP contribution is 2.34. The predicted molar refractivity (Wildman–Crippen MR) is 81.2 cm³/mol. The van der Waals surface area contributed by atoms with E-state index in [4.69, 9.17) is 9.72 Å². The van der Waals surface area contributed by atoms with Crippen LogP contribution in [0.3, 0.4) is 0 Å². The summed E-state index contributed by atoms with van der Waals surface area (Å²) in [4.78, 5) is 12.0. The van der Waals surface area contributed by atoms with E-state index in [-0.39, 0.29) is 6.23 Å². The van der Waals surface area contributed by atoms with Crippen LogP contribution in [-0.2, 0) is 4.74 Å². The fourth-order valence-electron chi connectivity index (χ4n) is 3.61. The first-order valence-electron chi connectivity index (χ1n) is 8.03. The zero-order valence-electron chi connectivity index (χ0n) is 12.5. The molecule has 0 N–H and O–H groups in total. The highest BCUT2D eigenvalue weighted by Gasteiger charge is 2.31. The van der Waals surface area contributed by atoms with Crippen molar-refractivity contribution in [1.29, 1.82) is 0 Å². The van der Waals surface area contributed by atoms with Crippen LogP contribution >= 0.6 is 0 Å². The van der Waals surface area contributed by atoms with Crippen LogP contribution in [0.1, 0.15) is 44.2 Å². The molecule has 0 aromatic carbocycles. The summed E-state index contributed by atoms with van der Waals surface area (Å²) in [5, 5.41) is 0. The van der Waals surface area contributed by atoms with E-state index in [0.29, 0.717) is 5.92 Å². The summed E-state index contributed by atoms with van der Waals surface area (Å²) < 4.78 is 8.20. The second kappa shape index (κ2) is 5.39. The summed E-state index contributed by atoms with van der Waals surface area (Å²) in [6, 6.07) is 4.02. The maximum absolute atomic E-state index is 5.93. The van der Waals surface area contributed by atoms with Crippen LogP contribution in [0.25, 0.3) is 11.2 Å². The van der Waals surface area contributed by atoms with Gasteiger partial charge < -0.3 is 9.64 Å². The second-order valence-electron chi connectivity index (χ2n) is 6.03. The first-order chi connectivity index (χ1) is 10.4. The molecule has 0 aliphatic carbocycles. The lowest BCUT2D eigenvalue weighted by atomic mass is 10.1. The number of hydrogen-bond donors (Lipinski definition) is 0. The largest absolute Gasteiger partial charge is 0.358 e. The van der Waals surface area contributed by atoms with E-state index < -0.39 is 0 Å². The van der Waals surface area contributed by atoms with Crippen molar-refractivity contribution in [2.75, 3.05) is 26.2 Å². The fraction of sp³-hybridized carbons (Fsp3) is 0.625. The number of hydrogen-bond acceptors (Lipinski definition) is 4. The van der Waals surface area contributed by atoms with Gasteiger partial charge in [0.2, 0.25) is 0 Å². The average Bonchev–Trinajstić information content (AvgIpc) is 3.24. The highest BCUT2D eigenvalue weighted by atomic mass is 16.5. The number of pyridine rings is 1. The summed E-state index contributed by atoms with van der Waals surface area (Å²) in [6.07, 6.45) is 5.35. The Morgan fingerprint density at radius 1 is 1.38 bits per heavy atom. The van der Waals surface area contributed by atoms with E-state index in [1.807, 2.05) is 12.3 Å². The summed E-state index contributed by atoms with van der Waals surface area (Å²) in [6.45, 7) is 6.47. The lowest BCUT2D eigenvalue weighted by Gasteiger charge is -2.19. The number of imidazole rings is 1. The van der Waals surface area contributed by atoms with Crippen molar-refractivity contribution < 1.29 is 4.74 Å². The summed E-state index contributed by atoms with van der Waals surface area (Å²) >= 11 is 0. The maximum Gasteiger partial charge on any atom is 0.162 e. The van der Waals surface area contributed by atoms with Crippen molar-refractivity contribution >= 4 is 11.2 Å². The molecule has 0 spiro atoms. The zero-order valence-corrected chi connectivity index (χ0v) is 12.5. The Morgan fingerprint density at radius 3 is 3.10 bits per heavy atom. The molecule has 112 valence electrons. The van der Waals surface area contributed by atoms with Gasteiger partial charge in [0.15, 0.2) is 5.65 Å². The molecule has 2 atom stereocenters. The van der Waals surface area contributed by atoms with Gasteiger partial charge in [0.05, 0.1) is 0 Å². The molecule has 5 nitrogen and oxygen atoms in total. The van der Waals surface area contributed by atoms with E-state index in [0.717, 1.165) is 43.7 Å². The van der Waals surface area contributed by atoms with Crippen molar-refractivity contribution in [3.05, 3.63) is 24.2 Å². The van der Waals surface area contributed by atoms with Gasteiger partial charge >= 0.3 is 0 Å². The SMILES string of the molecule is CCN1CCC(c2nc3cccnc3n2C2CCCO2)C1. The Morgan fingerprint density at radius 2 is 2.33 bits per heavy atom. The van der Waals surface area contributed by atoms with Gasteiger partial charge in [-0.2, -0.15) is 0 Å². The first-order valence-corrected chi connectivity index (χ1v) is 8.03. The number of likely N-dealkylation sites (tertiary alicyclic amines) is 1. The molecule has 2 aromatic heterocycles. The van der Waals surface area contributed by atoms with E-state index in [2.05, 4.69) is 27.4 Å². The first kappa shape index (κ1) is 13.2. The molecular weight excluding hydrogens is 264 g/mol. The van der Waals surface area contributed by atoms with E-state index in [1.54, 1.807) is 0 Å². The summed E-state index contributed by atoms with van der Waals surface area (Å²) in [5.41, 5.74) is 1.98. The summed E-state index contributed by atoms with van der Waals surface area (Å²) in [5.74, 6) is 1.68. The minimum absolute atomic E-state index is 0.121. The van der Waals surface area contributed by atoms with Gasteiger partial charge in [-0.3, -0.25) is 4.57 Å². The predicted octanol–water partition coefficient (Wildman–Crippen LogP) is 2.55. The molecule has 2 saturated heterocycles. The van der Waals surface area contributed by atoms with Crippen molar-refractivity contribution in [3.8, 4) is 0 Å². The fourth-order valence-corrected chi connectivity index (χ4v) is 3.61. The van der Waals surface area contributed by atoms with E-state index in [9.17, 15) is 0 Å². The molecule has 0 radical (unpaired) electrons. The molecule has 4 heterocycles. The quantitative estimate of drug-likeness (QED) is 0.869. The third kappa shape index (κ3) is 2.24. The Kier molecular flexibility index (Phi) is 3.39. The Hall–Kier alpha value is -1.46. The molecule has 0 amide bonds. The van der Waals surface area contributed by atoms with Crippen molar-refractivity contribution in [1.82, 2.24) is 19.4 Å². The molecule has 5 heteroatoms. The standard InChI is InChI=1S/C16H22N4O/c1-2-19-9-7-12(11-19)15-18-13-5-3-8-17-16(13)20(15)14-6-4-10-21-14/h3,5,8,12,14H,2,4,6-7,9-11H2,1H3. The van der Waals surface area contributed by atoms with E-state index >= 15 is 0 Å². The molecule has 2 unspecified atom stereocenters. The van der Waals surface area contributed by atoms with Crippen LogP contribution in [-0.4, -0.2) is 45.7 Å². The zero-order chi connectivity index (χ0) is 14.2. The van der Waals surface area contributed by atoms with E-state index in [1.165, 1.54) is 18.8 Å². The third-order valence-electron chi connectivity index (χ3n) is 4.75. The van der Waals surface area contributed by atoms with Gasteiger partial charge in [-0.05, 0) is 44.5 Å². The molecule has 2 aromatic rings. The summed E-state index contributed by atoms with van der Waals surface area (Å²) in [7, 11) is 0. The number of aromatic nitrogens is 3. The molecule has 21 heavy (non-hydrogen) atoms. The van der Waals surface area contributed by atoms with Gasteiger partial charge in [0.25, 0.3) is 0 Å². The second-order valence-corrected chi connectivity index (χ2v) is 6.03.